The third-order valence-corrected chi connectivity index (χ3v) is 9.71. The first-order chi connectivity index (χ1) is 18.4. The maximum absolute atomic E-state index is 6.38. The Hall–Kier alpha value is -2.70. The molecule has 0 aliphatic heterocycles. The third kappa shape index (κ3) is 3.91. The zero-order valence-electron chi connectivity index (χ0n) is 23.7. The minimum Gasteiger partial charge on any atom is -0.379 e. The topological polar surface area (TPSA) is 54.1 Å². The molecule has 2 aliphatic carbocycles. The maximum atomic E-state index is 6.38. The van der Waals surface area contributed by atoms with Crippen LogP contribution in [0.2, 0.25) is 0 Å². The van der Waals surface area contributed by atoms with E-state index in [1.807, 2.05) is 26.6 Å². The van der Waals surface area contributed by atoms with Gasteiger partial charge in [0.15, 0.2) is 0 Å². The van der Waals surface area contributed by atoms with Gasteiger partial charge in [0, 0.05) is 49.8 Å². The van der Waals surface area contributed by atoms with Crippen LogP contribution in [0.5, 0.6) is 0 Å². The van der Waals surface area contributed by atoms with Crippen molar-refractivity contribution in [3.63, 3.8) is 0 Å². The summed E-state index contributed by atoms with van der Waals surface area (Å²) >= 11 is 0. The highest BCUT2D eigenvalue weighted by atomic mass is 16.5. The first-order valence-corrected chi connectivity index (χ1v) is 14.3. The van der Waals surface area contributed by atoms with Crippen molar-refractivity contribution in [3.05, 3.63) is 60.2 Å². The second-order valence-electron chi connectivity index (χ2n) is 12.3. The Balaban J connectivity index is 1.40. The van der Waals surface area contributed by atoms with Crippen LogP contribution in [-0.2, 0) is 14.9 Å². The average molecular weight is 515 g/mol. The molecule has 0 radical (unpaired) electrons. The summed E-state index contributed by atoms with van der Waals surface area (Å²) < 4.78 is 17.1. The molecule has 0 N–H and O–H groups in total. The molecule has 0 spiro atoms. The van der Waals surface area contributed by atoms with Crippen LogP contribution in [-0.4, -0.2) is 45.5 Å². The van der Waals surface area contributed by atoms with Crippen molar-refractivity contribution >= 4 is 22.1 Å². The minimum atomic E-state index is -0.0968. The van der Waals surface area contributed by atoms with Crippen LogP contribution < -0.4 is 0 Å². The van der Waals surface area contributed by atoms with Crippen molar-refractivity contribution in [2.75, 3.05) is 14.2 Å². The molecule has 2 saturated carbocycles. The SMILES string of the molecule is COC1C(n2cc(C(C)C)c3cccnc32)CCC1C(C)(C)c1cn([C@H]2CCC[C@@H]2OC)c2ncccc12. The van der Waals surface area contributed by atoms with Gasteiger partial charge in [0.05, 0.1) is 24.3 Å². The average Bonchev–Trinajstić information content (AvgIpc) is 3.70. The van der Waals surface area contributed by atoms with E-state index in [1.54, 1.807) is 0 Å². The number of rotatable bonds is 7. The van der Waals surface area contributed by atoms with Gasteiger partial charge in [-0.25, -0.2) is 9.97 Å². The molecule has 0 aromatic carbocycles. The van der Waals surface area contributed by atoms with Crippen LogP contribution in [0.4, 0.5) is 0 Å². The Bertz CT molecular complexity index is 1430. The van der Waals surface area contributed by atoms with Crippen LogP contribution in [0.25, 0.3) is 22.1 Å². The van der Waals surface area contributed by atoms with E-state index in [2.05, 4.69) is 73.5 Å². The third-order valence-electron chi connectivity index (χ3n) is 9.71. The number of ether oxygens (including phenoxy) is 2. The van der Waals surface area contributed by atoms with Crippen molar-refractivity contribution in [2.45, 2.75) is 95.4 Å². The molecule has 2 fully saturated rings. The summed E-state index contributed by atoms with van der Waals surface area (Å²) in [5.74, 6) is 0.810. The van der Waals surface area contributed by atoms with Gasteiger partial charge in [-0.3, -0.25) is 0 Å². The zero-order chi connectivity index (χ0) is 26.6. The predicted molar refractivity (Wildman–Crippen MR) is 153 cm³/mol. The monoisotopic (exact) mass is 514 g/mol. The number of fused-ring (bicyclic) bond motifs is 2. The quantitative estimate of drug-likeness (QED) is 0.262. The minimum absolute atomic E-state index is 0.0934. The van der Waals surface area contributed by atoms with E-state index in [1.165, 1.54) is 28.3 Å². The van der Waals surface area contributed by atoms with Gasteiger partial charge in [-0.1, -0.05) is 27.7 Å². The van der Waals surface area contributed by atoms with Gasteiger partial charge < -0.3 is 18.6 Å². The van der Waals surface area contributed by atoms with Crippen molar-refractivity contribution < 1.29 is 9.47 Å². The lowest BCUT2D eigenvalue weighted by Gasteiger charge is -2.37. The number of hydrogen-bond donors (Lipinski definition) is 0. The Morgan fingerprint density at radius 3 is 2.21 bits per heavy atom. The van der Waals surface area contributed by atoms with Crippen LogP contribution in [0.1, 0.15) is 88.9 Å². The fourth-order valence-corrected chi connectivity index (χ4v) is 7.71. The highest BCUT2D eigenvalue weighted by Crippen LogP contribution is 2.50. The van der Waals surface area contributed by atoms with Crippen molar-refractivity contribution in [3.8, 4) is 0 Å². The van der Waals surface area contributed by atoms with E-state index in [9.17, 15) is 0 Å². The molecule has 0 amide bonds. The summed E-state index contributed by atoms with van der Waals surface area (Å²) in [6.45, 7) is 9.35. The standard InChI is InChI=1S/C32H42N4O2/c1-20(2)23-18-35(30-21(23)10-8-16-33-30)27-15-14-24(29(27)38-6)32(3,4)25-19-36(26-12-7-13-28(26)37-5)31-22(25)11-9-17-34-31/h8-11,16-20,24,26-29H,7,12-15H2,1-6H3/t24?,26-,27?,28-,29?/m0/s1. The van der Waals surface area contributed by atoms with Gasteiger partial charge >= 0.3 is 0 Å². The molecular formula is C32H42N4O2. The summed E-state index contributed by atoms with van der Waals surface area (Å²) in [4.78, 5) is 9.70. The molecular weight excluding hydrogens is 472 g/mol. The van der Waals surface area contributed by atoms with Gasteiger partial charge in [-0.2, -0.15) is 0 Å². The molecule has 4 heterocycles. The highest BCUT2D eigenvalue weighted by Gasteiger charge is 2.47. The van der Waals surface area contributed by atoms with Gasteiger partial charge in [0.1, 0.15) is 11.3 Å². The summed E-state index contributed by atoms with van der Waals surface area (Å²) in [5, 5.41) is 2.52. The fourth-order valence-electron chi connectivity index (χ4n) is 7.71. The van der Waals surface area contributed by atoms with Crippen molar-refractivity contribution in [2.24, 2.45) is 5.92 Å². The van der Waals surface area contributed by atoms with Gasteiger partial charge in [0.25, 0.3) is 0 Å². The molecule has 0 bridgehead atoms. The van der Waals surface area contributed by atoms with Crippen LogP contribution in [0.15, 0.2) is 49.1 Å². The van der Waals surface area contributed by atoms with Crippen molar-refractivity contribution in [1.29, 1.82) is 0 Å². The van der Waals surface area contributed by atoms with Gasteiger partial charge in [-0.15, -0.1) is 0 Å². The molecule has 38 heavy (non-hydrogen) atoms. The van der Waals surface area contributed by atoms with E-state index < -0.39 is 0 Å². The van der Waals surface area contributed by atoms with Crippen LogP contribution in [0, 0.1) is 5.92 Å². The molecule has 5 atom stereocenters. The lowest BCUT2D eigenvalue weighted by Crippen LogP contribution is -2.38. The lowest BCUT2D eigenvalue weighted by molar-refractivity contribution is 0.0196. The summed E-state index contributed by atoms with van der Waals surface area (Å²) in [6, 6.07) is 9.18. The van der Waals surface area contributed by atoms with Crippen molar-refractivity contribution in [1.82, 2.24) is 19.1 Å². The zero-order valence-corrected chi connectivity index (χ0v) is 23.7. The summed E-state index contributed by atoms with van der Waals surface area (Å²) in [5.41, 5.74) is 4.79. The fraction of sp³-hybridized carbons (Fsp3) is 0.562. The number of hydrogen-bond acceptors (Lipinski definition) is 4. The largest absolute Gasteiger partial charge is 0.379 e. The Morgan fingerprint density at radius 1 is 0.842 bits per heavy atom. The van der Waals surface area contributed by atoms with Crippen LogP contribution >= 0.6 is 0 Å². The van der Waals surface area contributed by atoms with E-state index in [4.69, 9.17) is 19.4 Å². The molecule has 202 valence electrons. The van der Waals surface area contributed by atoms with Gasteiger partial charge in [-0.05, 0) is 84.7 Å². The number of aromatic nitrogens is 4. The maximum Gasteiger partial charge on any atom is 0.140 e. The molecule has 4 aromatic rings. The smallest absolute Gasteiger partial charge is 0.140 e. The highest BCUT2D eigenvalue weighted by molar-refractivity contribution is 5.82. The van der Waals surface area contributed by atoms with Gasteiger partial charge in [0.2, 0.25) is 0 Å². The van der Waals surface area contributed by atoms with E-state index >= 15 is 0 Å². The number of methoxy groups -OCH3 is 2. The Kier molecular flexibility index (Phi) is 6.59. The Labute approximate surface area is 226 Å². The molecule has 6 rings (SSSR count). The number of nitrogens with zero attached hydrogens (tertiary/aromatic N) is 4. The van der Waals surface area contributed by atoms with E-state index in [0.29, 0.717) is 17.9 Å². The first-order valence-electron chi connectivity index (χ1n) is 14.3. The summed E-state index contributed by atoms with van der Waals surface area (Å²) in [6.07, 6.45) is 14.5. The molecule has 4 aromatic heterocycles. The summed E-state index contributed by atoms with van der Waals surface area (Å²) in [7, 11) is 3.74. The Morgan fingerprint density at radius 2 is 1.53 bits per heavy atom. The second-order valence-corrected chi connectivity index (χ2v) is 12.3. The second kappa shape index (κ2) is 9.80. The van der Waals surface area contributed by atoms with E-state index in [0.717, 1.165) is 37.0 Å². The number of pyridine rings is 2. The lowest BCUT2D eigenvalue weighted by atomic mass is 9.71. The molecule has 0 saturated heterocycles. The molecule has 2 aliphatic rings. The molecule has 3 unspecified atom stereocenters. The predicted octanol–water partition coefficient (Wildman–Crippen LogP) is 7.19. The molecule has 6 nitrogen and oxygen atoms in total. The van der Waals surface area contributed by atoms with Crippen LogP contribution in [0.3, 0.4) is 0 Å². The van der Waals surface area contributed by atoms with E-state index in [-0.39, 0.29) is 23.7 Å². The molecule has 6 heteroatoms. The first kappa shape index (κ1) is 25.6. The normalized spacial score (nSPS) is 26.3.